The molecule has 2 rings (SSSR count). The van der Waals surface area contributed by atoms with E-state index in [1.54, 1.807) is 6.08 Å². The zero-order valence-corrected chi connectivity index (χ0v) is 12.6. The number of carbonyl (C=O) groups is 2. The van der Waals surface area contributed by atoms with Crippen LogP contribution < -0.4 is 0 Å². The molecule has 1 atom stereocenters. The van der Waals surface area contributed by atoms with Crippen molar-refractivity contribution >= 4 is 11.7 Å². The Morgan fingerprint density at radius 1 is 1.20 bits per heavy atom. The van der Waals surface area contributed by atoms with Crippen molar-refractivity contribution in [2.24, 2.45) is 5.41 Å². The van der Waals surface area contributed by atoms with Crippen molar-refractivity contribution in [1.82, 2.24) is 4.90 Å². The Bertz CT molecular complexity index is 512. The Labute approximate surface area is 119 Å². The second kappa shape index (κ2) is 4.65. The molecule has 1 heterocycles. The number of likely N-dealkylation sites (tertiary alicyclic amines) is 1. The molecular formula is C15H21NO4. The summed E-state index contributed by atoms with van der Waals surface area (Å²) in [5, 5.41) is 0. The van der Waals surface area contributed by atoms with Gasteiger partial charge in [-0.15, -0.1) is 0 Å². The van der Waals surface area contributed by atoms with Crippen molar-refractivity contribution in [1.29, 1.82) is 0 Å². The van der Waals surface area contributed by atoms with Gasteiger partial charge in [0.1, 0.15) is 11.2 Å². The summed E-state index contributed by atoms with van der Waals surface area (Å²) in [5.41, 5.74) is -1.16. The largest absolute Gasteiger partial charge is 0.499 e. The van der Waals surface area contributed by atoms with Crippen molar-refractivity contribution in [3.8, 4) is 0 Å². The lowest BCUT2D eigenvalue weighted by Gasteiger charge is -2.35. The third kappa shape index (κ3) is 2.01. The first-order chi connectivity index (χ1) is 9.26. The first kappa shape index (κ1) is 14.6. The van der Waals surface area contributed by atoms with Crippen LogP contribution >= 0.6 is 0 Å². The summed E-state index contributed by atoms with van der Waals surface area (Å²) in [4.78, 5) is 26.5. The molecule has 1 unspecified atom stereocenters. The van der Waals surface area contributed by atoms with Crippen LogP contribution in [0.25, 0.3) is 0 Å². The molecule has 20 heavy (non-hydrogen) atoms. The summed E-state index contributed by atoms with van der Waals surface area (Å²) in [6, 6.07) is 0. The fourth-order valence-electron chi connectivity index (χ4n) is 2.83. The lowest BCUT2D eigenvalue weighted by Crippen LogP contribution is -2.46. The Hall–Kier alpha value is -1.78. The molecule has 1 fully saturated rings. The van der Waals surface area contributed by atoms with Gasteiger partial charge in [0.25, 0.3) is 0 Å². The van der Waals surface area contributed by atoms with Crippen molar-refractivity contribution in [2.45, 2.75) is 32.7 Å². The van der Waals surface area contributed by atoms with Crippen LogP contribution in [0.2, 0.25) is 0 Å². The van der Waals surface area contributed by atoms with E-state index in [4.69, 9.17) is 9.47 Å². The van der Waals surface area contributed by atoms with Crippen LogP contribution in [0.5, 0.6) is 0 Å². The molecule has 1 saturated heterocycles. The van der Waals surface area contributed by atoms with E-state index >= 15 is 0 Å². The maximum atomic E-state index is 12.9. The Morgan fingerprint density at radius 2 is 1.85 bits per heavy atom. The second-order valence-electron chi connectivity index (χ2n) is 6.14. The van der Waals surface area contributed by atoms with Gasteiger partial charge in [0, 0.05) is 18.2 Å². The molecule has 1 spiro atoms. The predicted octanol–water partition coefficient (Wildman–Crippen LogP) is 1.65. The standard InChI is InChI=1S/C15H21NO4/c1-14(2,3)16-7-6-15(13(16)18)9-11(19-4)10(17)8-12(15)20-5/h8-9H,6-7H2,1-5H3. The molecule has 1 aliphatic heterocycles. The molecule has 0 bridgehead atoms. The maximum Gasteiger partial charge on any atom is 0.240 e. The monoisotopic (exact) mass is 279 g/mol. The summed E-state index contributed by atoms with van der Waals surface area (Å²) in [5.74, 6) is 0.298. The molecule has 1 amide bonds. The minimum absolute atomic E-state index is 0.0415. The van der Waals surface area contributed by atoms with Crippen LogP contribution in [0.15, 0.2) is 23.7 Å². The van der Waals surface area contributed by atoms with Crippen molar-refractivity contribution in [2.75, 3.05) is 20.8 Å². The van der Waals surface area contributed by atoms with Gasteiger partial charge in [0.05, 0.1) is 14.2 Å². The highest BCUT2D eigenvalue weighted by Gasteiger charge is 2.53. The van der Waals surface area contributed by atoms with Gasteiger partial charge < -0.3 is 14.4 Å². The molecule has 5 nitrogen and oxygen atoms in total. The fourth-order valence-corrected chi connectivity index (χ4v) is 2.83. The van der Waals surface area contributed by atoms with Crippen molar-refractivity contribution < 1.29 is 19.1 Å². The van der Waals surface area contributed by atoms with Gasteiger partial charge in [-0.25, -0.2) is 0 Å². The number of hydrogen-bond donors (Lipinski definition) is 0. The van der Waals surface area contributed by atoms with Gasteiger partial charge >= 0.3 is 0 Å². The number of nitrogens with zero attached hydrogens (tertiary/aromatic N) is 1. The minimum Gasteiger partial charge on any atom is -0.499 e. The average Bonchev–Trinajstić information content (AvgIpc) is 2.70. The van der Waals surface area contributed by atoms with E-state index in [1.807, 2.05) is 25.7 Å². The van der Waals surface area contributed by atoms with Crippen molar-refractivity contribution in [3.05, 3.63) is 23.7 Å². The molecule has 1 aliphatic carbocycles. The molecule has 0 aromatic carbocycles. The molecule has 5 heteroatoms. The fraction of sp³-hybridized carbons (Fsp3) is 0.600. The zero-order chi connectivity index (χ0) is 15.1. The minimum atomic E-state index is -0.902. The highest BCUT2D eigenvalue weighted by molar-refractivity contribution is 6.07. The van der Waals surface area contributed by atoms with Gasteiger partial charge in [-0.1, -0.05) is 0 Å². The topological polar surface area (TPSA) is 55.8 Å². The van der Waals surface area contributed by atoms with E-state index in [-0.39, 0.29) is 23.0 Å². The third-order valence-electron chi connectivity index (χ3n) is 3.93. The molecule has 0 saturated carbocycles. The SMILES string of the molecule is COC1=CC2(CCN(C(C)(C)C)C2=O)C(OC)=CC1=O. The van der Waals surface area contributed by atoms with E-state index in [0.717, 1.165) is 0 Å². The van der Waals surface area contributed by atoms with Gasteiger partial charge in [0.2, 0.25) is 11.7 Å². The Kier molecular flexibility index (Phi) is 3.40. The van der Waals surface area contributed by atoms with E-state index in [9.17, 15) is 9.59 Å². The van der Waals surface area contributed by atoms with E-state index < -0.39 is 5.41 Å². The van der Waals surface area contributed by atoms with Crippen LogP contribution in [-0.4, -0.2) is 42.9 Å². The Balaban J connectivity index is 2.48. The zero-order valence-electron chi connectivity index (χ0n) is 12.6. The quantitative estimate of drug-likeness (QED) is 0.771. The van der Waals surface area contributed by atoms with E-state index in [0.29, 0.717) is 18.7 Å². The number of hydrogen-bond acceptors (Lipinski definition) is 4. The first-order valence-corrected chi connectivity index (χ1v) is 6.65. The van der Waals surface area contributed by atoms with Crippen LogP contribution in [0.4, 0.5) is 0 Å². The molecule has 2 aliphatic rings. The summed E-state index contributed by atoms with van der Waals surface area (Å²) in [6.45, 7) is 6.61. The van der Waals surface area contributed by atoms with Crippen LogP contribution in [0.1, 0.15) is 27.2 Å². The number of rotatable bonds is 2. The molecule has 110 valence electrons. The van der Waals surface area contributed by atoms with E-state index in [2.05, 4.69) is 0 Å². The predicted molar refractivity (Wildman–Crippen MR) is 73.7 cm³/mol. The van der Waals surface area contributed by atoms with Crippen LogP contribution in [-0.2, 0) is 19.1 Å². The highest BCUT2D eigenvalue weighted by atomic mass is 16.5. The lowest BCUT2D eigenvalue weighted by molar-refractivity contribution is -0.137. The van der Waals surface area contributed by atoms with Gasteiger partial charge in [-0.3, -0.25) is 9.59 Å². The second-order valence-corrected chi connectivity index (χ2v) is 6.14. The van der Waals surface area contributed by atoms with E-state index in [1.165, 1.54) is 20.3 Å². The van der Waals surface area contributed by atoms with Gasteiger partial charge in [-0.2, -0.15) is 0 Å². The molecule has 0 aromatic heterocycles. The molecule has 0 radical (unpaired) electrons. The number of allylic oxidation sites excluding steroid dienone is 1. The van der Waals surface area contributed by atoms with Gasteiger partial charge in [0.15, 0.2) is 5.76 Å². The summed E-state index contributed by atoms with van der Waals surface area (Å²) < 4.78 is 10.4. The van der Waals surface area contributed by atoms with Crippen LogP contribution in [0.3, 0.4) is 0 Å². The van der Waals surface area contributed by atoms with Gasteiger partial charge in [-0.05, 0) is 33.3 Å². The highest BCUT2D eigenvalue weighted by Crippen LogP contribution is 2.45. The smallest absolute Gasteiger partial charge is 0.240 e. The summed E-state index contributed by atoms with van der Waals surface area (Å²) in [7, 11) is 2.92. The van der Waals surface area contributed by atoms with Crippen LogP contribution in [0, 0.1) is 5.41 Å². The number of amides is 1. The normalized spacial score (nSPS) is 26.8. The third-order valence-corrected chi connectivity index (χ3v) is 3.93. The Morgan fingerprint density at radius 3 is 2.30 bits per heavy atom. The molecular weight excluding hydrogens is 258 g/mol. The summed E-state index contributed by atoms with van der Waals surface area (Å²) in [6.07, 6.45) is 3.56. The average molecular weight is 279 g/mol. The first-order valence-electron chi connectivity index (χ1n) is 6.65. The number of ketones is 1. The molecule has 0 aromatic rings. The number of carbonyl (C=O) groups excluding carboxylic acids is 2. The maximum absolute atomic E-state index is 12.9. The summed E-state index contributed by atoms with van der Waals surface area (Å²) >= 11 is 0. The molecule has 0 N–H and O–H groups in total. The lowest BCUT2D eigenvalue weighted by atomic mass is 9.79. The number of methoxy groups -OCH3 is 2. The van der Waals surface area contributed by atoms with Crippen molar-refractivity contribution in [3.63, 3.8) is 0 Å². The number of ether oxygens (including phenoxy) is 2.